The fourth-order valence-electron chi connectivity index (χ4n) is 3.75. The van der Waals surface area contributed by atoms with Gasteiger partial charge in [-0.2, -0.15) is 0 Å². The van der Waals surface area contributed by atoms with Gasteiger partial charge in [-0.15, -0.1) is 10.2 Å². The number of aromatic nitrogens is 5. The Bertz CT molecular complexity index is 788. The molecule has 1 amide bonds. The third kappa shape index (κ3) is 2.93. The number of nitrogens with zero attached hydrogens (tertiary/aromatic N) is 7. The van der Waals surface area contributed by atoms with Crippen LogP contribution in [0.25, 0.3) is 0 Å². The van der Waals surface area contributed by atoms with E-state index in [0.29, 0.717) is 13.1 Å². The molecule has 0 N–H and O–H groups in total. The fourth-order valence-corrected chi connectivity index (χ4v) is 3.75. The summed E-state index contributed by atoms with van der Waals surface area (Å²) in [5.74, 6) is 2.75. The van der Waals surface area contributed by atoms with E-state index in [1.807, 2.05) is 11.0 Å². The highest BCUT2D eigenvalue weighted by molar-refractivity contribution is 5.81. The van der Waals surface area contributed by atoms with Crippen LogP contribution in [-0.2, 0) is 16.6 Å². The fraction of sp³-hybridized carbons (Fsp3) is 0.611. The van der Waals surface area contributed by atoms with Gasteiger partial charge >= 0.3 is 0 Å². The molecule has 0 saturated carbocycles. The Morgan fingerprint density at radius 2 is 1.77 bits per heavy atom. The molecule has 8 nitrogen and oxygen atoms in total. The molecule has 4 rings (SSSR count). The smallest absolute Gasteiger partial charge is 0.245 e. The van der Waals surface area contributed by atoms with E-state index in [9.17, 15) is 4.79 Å². The molecule has 26 heavy (non-hydrogen) atoms. The first-order valence-corrected chi connectivity index (χ1v) is 9.20. The Morgan fingerprint density at radius 1 is 1.08 bits per heavy atom. The average molecular weight is 355 g/mol. The van der Waals surface area contributed by atoms with E-state index in [-0.39, 0.29) is 17.4 Å². The summed E-state index contributed by atoms with van der Waals surface area (Å²) in [6.45, 7) is 9.23. The van der Waals surface area contributed by atoms with Crippen molar-refractivity contribution in [3.8, 4) is 0 Å². The molecule has 0 spiro atoms. The average Bonchev–Trinajstić information content (AvgIpc) is 3.23. The molecule has 138 valence electrons. The highest BCUT2D eigenvalue weighted by Gasteiger charge is 2.38. The number of carbonyl (C=O) groups excluding carboxylic acids is 1. The predicted octanol–water partition coefficient (Wildman–Crippen LogP) is 1.20. The van der Waals surface area contributed by atoms with Gasteiger partial charge in [0, 0.05) is 50.4 Å². The van der Waals surface area contributed by atoms with Gasteiger partial charge in [0.2, 0.25) is 11.9 Å². The lowest BCUT2D eigenvalue weighted by Gasteiger charge is -2.36. The quantitative estimate of drug-likeness (QED) is 0.805. The Labute approximate surface area is 153 Å². The monoisotopic (exact) mass is 355 g/mol. The third-order valence-corrected chi connectivity index (χ3v) is 5.10. The molecule has 1 fully saturated rings. The van der Waals surface area contributed by atoms with Gasteiger partial charge < -0.3 is 14.4 Å². The Morgan fingerprint density at radius 3 is 2.42 bits per heavy atom. The van der Waals surface area contributed by atoms with Crippen molar-refractivity contribution >= 4 is 11.9 Å². The SMILES string of the molecule is CC(C)(C)c1nnc2n1C(C(=O)N1CCN(c3ncccn3)CC1)CC2. The third-order valence-electron chi connectivity index (χ3n) is 5.10. The molecule has 2 aromatic rings. The first-order chi connectivity index (χ1) is 12.4. The number of amides is 1. The highest BCUT2D eigenvalue weighted by Crippen LogP contribution is 2.33. The normalized spacial score (nSPS) is 20.3. The number of aryl methyl sites for hydroxylation is 1. The second kappa shape index (κ2) is 6.34. The van der Waals surface area contributed by atoms with E-state index in [2.05, 4.69) is 50.4 Å². The molecular weight excluding hydrogens is 330 g/mol. The number of carbonyl (C=O) groups is 1. The van der Waals surface area contributed by atoms with Crippen molar-refractivity contribution in [1.29, 1.82) is 0 Å². The molecule has 1 unspecified atom stereocenters. The molecule has 2 aromatic heterocycles. The second-order valence-electron chi connectivity index (χ2n) is 7.98. The molecule has 2 aliphatic heterocycles. The molecule has 4 heterocycles. The molecule has 0 radical (unpaired) electrons. The molecule has 8 heteroatoms. The Hall–Kier alpha value is -2.51. The summed E-state index contributed by atoms with van der Waals surface area (Å²) >= 11 is 0. The van der Waals surface area contributed by atoms with E-state index in [0.717, 1.165) is 43.5 Å². The predicted molar refractivity (Wildman–Crippen MR) is 96.9 cm³/mol. The summed E-state index contributed by atoms with van der Waals surface area (Å²) in [6, 6.07) is 1.64. The van der Waals surface area contributed by atoms with Crippen LogP contribution >= 0.6 is 0 Å². The Balaban J connectivity index is 1.47. The molecule has 0 aliphatic carbocycles. The standard InChI is InChI=1S/C18H25N7O/c1-18(2,3)16-22-21-14-6-5-13(25(14)16)15(26)23-9-11-24(12-10-23)17-19-7-4-8-20-17/h4,7-8,13H,5-6,9-12H2,1-3H3. The van der Waals surface area contributed by atoms with Gasteiger partial charge in [0.05, 0.1) is 0 Å². The zero-order valence-corrected chi connectivity index (χ0v) is 15.6. The van der Waals surface area contributed by atoms with E-state index in [1.54, 1.807) is 12.4 Å². The summed E-state index contributed by atoms with van der Waals surface area (Å²) in [6.07, 6.45) is 5.13. The number of rotatable bonds is 2. The Kier molecular flexibility index (Phi) is 4.13. The van der Waals surface area contributed by atoms with Crippen molar-refractivity contribution in [3.63, 3.8) is 0 Å². The zero-order valence-electron chi connectivity index (χ0n) is 15.6. The van der Waals surface area contributed by atoms with Gasteiger partial charge in [-0.05, 0) is 12.5 Å². The first-order valence-electron chi connectivity index (χ1n) is 9.20. The van der Waals surface area contributed by atoms with E-state index in [1.165, 1.54) is 0 Å². The summed E-state index contributed by atoms with van der Waals surface area (Å²) in [5, 5.41) is 8.67. The van der Waals surface area contributed by atoms with Gasteiger partial charge in [-0.25, -0.2) is 9.97 Å². The number of fused-ring (bicyclic) bond motifs is 1. The van der Waals surface area contributed by atoms with Crippen LogP contribution in [0.4, 0.5) is 5.95 Å². The molecule has 2 aliphatic rings. The summed E-state index contributed by atoms with van der Waals surface area (Å²) in [7, 11) is 0. The van der Waals surface area contributed by atoms with Crippen LogP contribution in [0.15, 0.2) is 18.5 Å². The van der Waals surface area contributed by atoms with Crippen LogP contribution in [0.1, 0.15) is 44.9 Å². The number of piperazine rings is 1. The molecule has 1 saturated heterocycles. The molecule has 1 atom stereocenters. The minimum Gasteiger partial charge on any atom is -0.337 e. The highest BCUT2D eigenvalue weighted by atomic mass is 16.2. The van der Waals surface area contributed by atoms with Gasteiger partial charge in [-0.3, -0.25) is 4.79 Å². The number of anilines is 1. The lowest BCUT2D eigenvalue weighted by molar-refractivity contribution is -0.135. The zero-order chi connectivity index (χ0) is 18.3. The first kappa shape index (κ1) is 16.9. The van der Waals surface area contributed by atoms with Crippen LogP contribution in [0.5, 0.6) is 0 Å². The minimum atomic E-state index is -0.172. The minimum absolute atomic E-state index is 0.128. The van der Waals surface area contributed by atoms with Gasteiger partial charge in [-0.1, -0.05) is 20.8 Å². The molecule has 0 aromatic carbocycles. The van der Waals surface area contributed by atoms with Gasteiger partial charge in [0.1, 0.15) is 17.7 Å². The maximum absolute atomic E-state index is 13.2. The number of hydrogen-bond donors (Lipinski definition) is 0. The molecular formula is C18H25N7O. The maximum Gasteiger partial charge on any atom is 0.245 e. The summed E-state index contributed by atoms with van der Waals surface area (Å²) in [5.41, 5.74) is -0.128. The van der Waals surface area contributed by atoms with Gasteiger partial charge in [0.15, 0.2) is 0 Å². The van der Waals surface area contributed by atoms with Crippen molar-refractivity contribution in [3.05, 3.63) is 30.1 Å². The van der Waals surface area contributed by atoms with Crippen LogP contribution < -0.4 is 4.90 Å². The van der Waals surface area contributed by atoms with Crippen molar-refractivity contribution in [2.45, 2.75) is 45.1 Å². The maximum atomic E-state index is 13.2. The summed E-state index contributed by atoms with van der Waals surface area (Å²) < 4.78 is 2.08. The van der Waals surface area contributed by atoms with E-state index in [4.69, 9.17) is 0 Å². The van der Waals surface area contributed by atoms with E-state index >= 15 is 0 Å². The lowest BCUT2D eigenvalue weighted by atomic mass is 9.95. The van der Waals surface area contributed by atoms with Gasteiger partial charge in [0.25, 0.3) is 0 Å². The lowest BCUT2D eigenvalue weighted by Crippen LogP contribution is -2.51. The van der Waals surface area contributed by atoms with Crippen molar-refractivity contribution < 1.29 is 4.79 Å². The van der Waals surface area contributed by atoms with Crippen LogP contribution in [0.3, 0.4) is 0 Å². The van der Waals surface area contributed by atoms with Crippen LogP contribution in [0, 0.1) is 0 Å². The van der Waals surface area contributed by atoms with Crippen molar-refractivity contribution in [1.82, 2.24) is 29.6 Å². The summed E-state index contributed by atoms with van der Waals surface area (Å²) in [4.78, 5) is 25.9. The van der Waals surface area contributed by atoms with Crippen LogP contribution in [-0.4, -0.2) is 61.7 Å². The second-order valence-corrected chi connectivity index (χ2v) is 7.98. The largest absolute Gasteiger partial charge is 0.337 e. The molecule has 0 bridgehead atoms. The van der Waals surface area contributed by atoms with Crippen molar-refractivity contribution in [2.75, 3.05) is 31.1 Å². The number of hydrogen-bond acceptors (Lipinski definition) is 6. The van der Waals surface area contributed by atoms with E-state index < -0.39 is 0 Å². The van der Waals surface area contributed by atoms with Crippen LogP contribution in [0.2, 0.25) is 0 Å². The topological polar surface area (TPSA) is 80.0 Å². The van der Waals surface area contributed by atoms with Crippen molar-refractivity contribution in [2.24, 2.45) is 0 Å².